The van der Waals surface area contributed by atoms with E-state index in [1.807, 2.05) is 17.5 Å². The van der Waals surface area contributed by atoms with E-state index in [4.69, 9.17) is 4.52 Å². The van der Waals surface area contributed by atoms with E-state index in [1.54, 1.807) is 0 Å². The molecule has 3 rings (SSSR count). The van der Waals surface area contributed by atoms with Crippen LogP contribution in [0.3, 0.4) is 0 Å². The van der Waals surface area contributed by atoms with Gasteiger partial charge in [0.25, 0.3) is 0 Å². The summed E-state index contributed by atoms with van der Waals surface area (Å²) in [5, 5.41) is 5.69. The molecule has 2 aromatic heterocycles. The molecule has 1 atom stereocenters. The quantitative estimate of drug-likeness (QED) is 0.855. The smallest absolute Gasteiger partial charge is 0.295 e. The highest BCUT2D eigenvalue weighted by Crippen LogP contribution is 2.25. The third-order valence-electron chi connectivity index (χ3n) is 3.43. The van der Waals surface area contributed by atoms with Gasteiger partial charge in [-0.2, -0.15) is 0 Å². The average Bonchev–Trinajstić information content (AvgIpc) is 2.99. The molecule has 0 spiro atoms. The van der Waals surface area contributed by atoms with Gasteiger partial charge in [0.05, 0.1) is 16.4 Å². The third kappa shape index (κ3) is 2.71. The monoisotopic (exact) mass is 314 g/mol. The maximum Gasteiger partial charge on any atom is 0.441 e. The first-order valence-electron chi connectivity index (χ1n) is 6.36. The average molecular weight is 314 g/mol. The molecule has 0 aromatic carbocycles. The Labute approximate surface area is 119 Å². The van der Waals surface area contributed by atoms with Crippen molar-refractivity contribution in [3.63, 3.8) is 0 Å². The molecule has 1 fully saturated rings. The van der Waals surface area contributed by atoms with E-state index in [0.717, 1.165) is 11.3 Å². The molecule has 0 aliphatic carbocycles. The number of hydrogen-bond acceptors (Lipinski definition) is 6. The first kappa shape index (κ1) is 13.6. The number of rotatable bonds is 3. The molecule has 108 valence electrons. The Bertz CT molecular complexity index is 743. The minimum Gasteiger partial charge on any atom is -0.295 e. The molecule has 0 bridgehead atoms. The zero-order chi connectivity index (χ0) is 14.2. The van der Waals surface area contributed by atoms with Gasteiger partial charge < -0.3 is 0 Å². The summed E-state index contributed by atoms with van der Waals surface area (Å²) in [6, 6.07) is 3.73. The van der Waals surface area contributed by atoms with Crippen molar-refractivity contribution in [1.82, 2.24) is 9.72 Å². The predicted octanol–water partition coefficient (Wildman–Crippen LogP) is 1.39. The van der Waals surface area contributed by atoms with Gasteiger partial charge in [-0.25, -0.2) is 13.2 Å². The van der Waals surface area contributed by atoms with Gasteiger partial charge in [0.2, 0.25) is 0 Å². The fourth-order valence-corrected chi connectivity index (χ4v) is 5.01. The molecule has 1 saturated heterocycles. The van der Waals surface area contributed by atoms with E-state index >= 15 is 0 Å². The molecule has 3 heterocycles. The predicted molar refractivity (Wildman–Crippen MR) is 75.5 cm³/mol. The number of thiophene rings is 1. The fourth-order valence-electron chi connectivity index (χ4n) is 2.53. The van der Waals surface area contributed by atoms with Crippen LogP contribution in [-0.2, 0) is 16.4 Å². The van der Waals surface area contributed by atoms with Gasteiger partial charge in [-0.05, 0) is 30.2 Å². The first-order chi connectivity index (χ1) is 9.55. The number of aromatic nitrogens is 2. The topological polar surface area (TPSA) is 82.2 Å². The molecule has 6 nitrogen and oxygen atoms in total. The van der Waals surface area contributed by atoms with Crippen molar-refractivity contribution in [2.24, 2.45) is 5.92 Å². The summed E-state index contributed by atoms with van der Waals surface area (Å²) in [5.41, 5.74) is 0. The van der Waals surface area contributed by atoms with Gasteiger partial charge in [-0.3, -0.25) is 9.09 Å². The maximum absolute atomic E-state index is 11.8. The standard InChI is InChI=1S/C12H14N2O4S2/c15-12-14(7-9-3-2-6-20(16,17)8-9)11(13-18-12)10-4-1-5-19-10/h1,4-5,9H,2-3,6-8H2. The highest BCUT2D eigenvalue weighted by atomic mass is 32.2. The van der Waals surface area contributed by atoms with E-state index in [9.17, 15) is 13.2 Å². The SMILES string of the molecule is O=c1onc(-c2cccs2)n1CC1CCCS(=O)(=O)C1. The number of hydrogen-bond donors (Lipinski definition) is 0. The van der Waals surface area contributed by atoms with Crippen LogP contribution in [-0.4, -0.2) is 29.6 Å². The fraction of sp³-hybridized carbons (Fsp3) is 0.500. The second-order valence-electron chi connectivity index (χ2n) is 4.98. The summed E-state index contributed by atoms with van der Waals surface area (Å²) in [4.78, 5) is 12.6. The third-order valence-corrected chi connectivity index (χ3v) is 6.18. The Morgan fingerprint density at radius 1 is 1.50 bits per heavy atom. The molecule has 20 heavy (non-hydrogen) atoms. The normalized spacial score (nSPS) is 21.9. The van der Waals surface area contributed by atoms with E-state index in [2.05, 4.69) is 5.16 Å². The highest BCUT2D eigenvalue weighted by molar-refractivity contribution is 7.91. The summed E-state index contributed by atoms with van der Waals surface area (Å²) in [6.45, 7) is 0.342. The Morgan fingerprint density at radius 2 is 2.35 bits per heavy atom. The van der Waals surface area contributed by atoms with Gasteiger partial charge >= 0.3 is 5.76 Å². The minimum atomic E-state index is -2.98. The molecule has 0 saturated carbocycles. The molecular weight excluding hydrogens is 300 g/mol. The second kappa shape index (κ2) is 5.17. The van der Waals surface area contributed by atoms with Gasteiger partial charge in [0.1, 0.15) is 0 Å². The van der Waals surface area contributed by atoms with E-state index in [1.165, 1.54) is 15.9 Å². The summed E-state index contributed by atoms with van der Waals surface area (Å²) in [5.74, 6) is 0.280. The summed E-state index contributed by atoms with van der Waals surface area (Å²) >= 11 is 1.46. The number of sulfone groups is 1. The van der Waals surface area contributed by atoms with Crippen molar-refractivity contribution in [3.05, 3.63) is 28.1 Å². The lowest BCUT2D eigenvalue weighted by molar-refractivity contribution is 0.359. The molecule has 0 N–H and O–H groups in total. The lowest BCUT2D eigenvalue weighted by atomic mass is 10.1. The molecule has 0 amide bonds. The van der Waals surface area contributed by atoms with E-state index < -0.39 is 15.6 Å². The Morgan fingerprint density at radius 3 is 3.05 bits per heavy atom. The van der Waals surface area contributed by atoms with Crippen LogP contribution >= 0.6 is 11.3 Å². The van der Waals surface area contributed by atoms with E-state index in [0.29, 0.717) is 18.8 Å². The van der Waals surface area contributed by atoms with Crippen LogP contribution in [0.5, 0.6) is 0 Å². The van der Waals surface area contributed by atoms with Gasteiger partial charge in [-0.1, -0.05) is 11.2 Å². The van der Waals surface area contributed by atoms with Crippen LogP contribution in [0.4, 0.5) is 0 Å². The largest absolute Gasteiger partial charge is 0.441 e. The summed E-state index contributed by atoms with van der Waals surface area (Å²) in [7, 11) is -2.98. The molecule has 1 aliphatic rings. The van der Waals surface area contributed by atoms with Gasteiger partial charge in [-0.15, -0.1) is 11.3 Å². The van der Waals surface area contributed by atoms with Crippen molar-refractivity contribution in [2.75, 3.05) is 11.5 Å². The zero-order valence-corrected chi connectivity index (χ0v) is 12.3. The molecule has 1 unspecified atom stereocenters. The van der Waals surface area contributed by atoms with E-state index in [-0.39, 0.29) is 17.4 Å². The molecule has 8 heteroatoms. The lowest BCUT2D eigenvalue weighted by Crippen LogP contribution is -2.30. The summed E-state index contributed by atoms with van der Waals surface area (Å²) < 4.78 is 29.5. The highest BCUT2D eigenvalue weighted by Gasteiger charge is 2.27. The van der Waals surface area contributed by atoms with Crippen molar-refractivity contribution >= 4 is 21.2 Å². The number of nitrogens with zero attached hydrogens (tertiary/aromatic N) is 2. The van der Waals surface area contributed by atoms with Crippen LogP contribution in [0.2, 0.25) is 0 Å². The van der Waals surface area contributed by atoms with Crippen molar-refractivity contribution in [1.29, 1.82) is 0 Å². The van der Waals surface area contributed by atoms with Crippen LogP contribution in [0.1, 0.15) is 12.8 Å². The van der Waals surface area contributed by atoms with Crippen LogP contribution in [0.25, 0.3) is 10.7 Å². The molecule has 0 radical (unpaired) electrons. The zero-order valence-electron chi connectivity index (χ0n) is 10.7. The van der Waals surface area contributed by atoms with Crippen LogP contribution < -0.4 is 5.76 Å². The molecule has 2 aromatic rings. The van der Waals surface area contributed by atoms with Crippen LogP contribution in [0, 0.1) is 5.92 Å². The summed E-state index contributed by atoms with van der Waals surface area (Å²) in [6.07, 6.45) is 1.46. The molecule has 1 aliphatic heterocycles. The van der Waals surface area contributed by atoms with Crippen molar-refractivity contribution < 1.29 is 12.9 Å². The Hall–Kier alpha value is -1.41. The van der Waals surface area contributed by atoms with Gasteiger partial charge in [0, 0.05) is 6.54 Å². The van der Waals surface area contributed by atoms with Crippen molar-refractivity contribution in [3.8, 4) is 10.7 Å². The van der Waals surface area contributed by atoms with Crippen LogP contribution in [0.15, 0.2) is 26.8 Å². The van der Waals surface area contributed by atoms with Gasteiger partial charge in [0.15, 0.2) is 15.7 Å². The first-order valence-corrected chi connectivity index (χ1v) is 9.06. The second-order valence-corrected chi connectivity index (χ2v) is 8.16. The Balaban J connectivity index is 1.88. The molecular formula is C12H14N2O4S2. The maximum atomic E-state index is 11.8. The van der Waals surface area contributed by atoms with Crippen molar-refractivity contribution in [2.45, 2.75) is 19.4 Å². The lowest BCUT2D eigenvalue weighted by Gasteiger charge is -2.21. The Kier molecular flexibility index (Phi) is 3.51. The minimum absolute atomic E-state index is 0.0513.